The molecule has 6 nitrogen and oxygen atoms in total. The summed E-state index contributed by atoms with van der Waals surface area (Å²) in [5.74, 6) is -0.943. The van der Waals surface area contributed by atoms with Gasteiger partial charge in [0.15, 0.2) is 6.10 Å². The number of carbonyl (C=O) groups excluding carboxylic acids is 3. The van der Waals surface area contributed by atoms with Gasteiger partial charge in [-0.2, -0.15) is 0 Å². The lowest BCUT2D eigenvalue weighted by Crippen LogP contribution is -2.30. The molecule has 0 fully saturated rings. The molecular formula is C63H106O6. The first-order valence-electron chi connectivity index (χ1n) is 28.8. The van der Waals surface area contributed by atoms with Crippen molar-refractivity contribution in [3.05, 3.63) is 97.2 Å². The van der Waals surface area contributed by atoms with E-state index >= 15 is 0 Å². The summed E-state index contributed by atoms with van der Waals surface area (Å²) in [4.78, 5) is 38.2. The molecule has 0 radical (unpaired) electrons. The maximum Gasteiger partial charge on any atom is 0.306 e. The molecule has 0 spiro atoms. The van der Waals surface area contributed by atoms with E-state index in [2.05, 4.69) is 45.1 Å². The van der Waals surface area contributed by atoms with Crippen molar-refractivity contribution in [1.29, 1.82) is 0 Å². The van der Waals surface area contributed by atoms with Crippen molar-refractivity contribution >= 4 is 17.9 Å². The van der Waals surface area contributed by atoms with Gasteiger partial charge in [-0.3, -0.25) is 14.4 Å². The summed E-state index contributed by atoms with van der Waals surface area (Å²) in [5, 5.41) is 0. The molecule has 0 N–H and O–H groups in total. The third kappa shape index (κ3) is 55.1. The molecule has 0 aliphatic rings. The Bertz CT molecular complexity index is 1380. The van der Waals surface area contributed by atoms with Crippen molar-refractivity contribution in [2.45, 2.75) is 271 Å². The van der Waals surface area contributed by atoms with Gasteiger partial charge in [0.25, 0.3) is 0 Å². The molecule has 0 saturated carbocycles. The van der Waals surface area contributed by atoms with Crippen LogP contribution >= 0.6 is 0 Å². The zero-order valence-corrected chi connectivity index (χ0v) is 45.0. The molecule has 0 aromatic carbocycles. The van der Waals surface area contributed by atoms with Gasteiger partial charge in [0.1, 0.15) is 13.2 Å². The van der Waals surface area contributed by atoms with Crippen LogP contribution in [0.5, 0.6) is 0 Å². The lowest BCUT2D eigenvalue weighted by Gasteiger charge is -2.18. The highest BCUT2D eigenvalue weighted by Gasteiger charge is 2.19. The summed E-state index contributed by atoms with van der Waals surface area (Å²) in [5.41, 5.74) is 0. The molecule has 1 unspecified atom stereocenters. The van der Waals surface area contributed by atoms with Gasteiger partial charge in [-0.15, -0.1) is 0 Å². The van der Waals surface area contributed by atoms with Crippen LogP contribution in [0.25, 0.3) is 0 Å². The van der Waals surface area contributed by atoms with Gasteiger partial charge in [-0.25, -0.2) is 0 Å². The van der Waals surface area contributed by atoms with Crippen LogP contribution < -0.4 is 0 Å². The third-order valence-electron chi connectivity index (χ3n) is 12.3. The molecule has 0 rings (SSSR count). The van der Waals surface area contributed by atoms with Crippen molar-refractivity contribution in [3.63, 3.8) is 0 Å². The van der Waals surface area contributed by atoms with Crippen molar-refractivity contribution in [1.82, 2.24) is 0 Å². The van der Waals surface area contributed by atoms with E-state index in [0.29, 0.717) is 19.3 Å². The van der Waals surface area contributed by atoms with Gasteiger partial charge in [0, 0.05) is 19.3 Å². The largest absolute Gasteiger partial charge is 0.462 e. The minimum atomic E-state index is -0.801. The summed E-state index contributed by atoms with van der Waals surface area (Å²) in [6, 6.07) is 0. The Hall–Kier alpha value is -3.67. The van der Waals surface area contributed by atoms with E-state index in [4.69, 9.17) is 14.2 Å². The molecular weight excluding hydrogens is 853 g/mol. The predicted octanol–water partition coefficient (Wildman–Crippen LogP) is 19.3. The molecule has 0 aliphatic heterocycles. The van der Waals surface area contributed by atoms with Gasteiger partial charge >= 0.3 is 17.9 Å². The number of unbranched alkanes of at least 4 members (excludes halogenated alkanes) is 30. The fraction of sp³-hybridized carbons (Fsp3) is 0.698. The summed E-state index contributed by atoms with van der Waals surface area (Å²) in [7, 11) is 0. The normalized spacial score (nSPS) is 12.8. The first-order valence-corrected chi connectivity index (χ1v) is 28.8. The Labute approximate surface area is 426 Å². The number of ether oxygens (including phenoxy) is 3. The quantitative estimate of drug-likeness (QED) is 0.0199. The van der Waals surface area contributed by atoms with E-state index in [1.165, 1.54) is 141 Å². The Morgan fingerprint density at radius 1 is 0.304 bits per heavy atom. The zero-order valence-electron chi connectivity index (χ0n) is 45.0. The van der Waals surface area contributed by atoms with E-state index in [9.17, 15) is 14.4 Å². The van der Waals surface area contributed by atoms with Crippen LogP contribution in [-0.4, -0.2) is 37.2 Å². The molecule has 0 bridgehead atoms. The van der Waals surface area contributed by atoms with E-state index in [0.717, 1.165) is 83.5 Å². The van der Waals surface area contributed by atoms with Crippen LogP contribution in [0.15, 0.2) is 97.2 Å². The first-order chi connectivity index (χ1) is 34.0. The average Bonchev–Trinajstić information content (AvgIpc) is 3.35. The predicted molar refractivity (Wildman–Crippen MR) is 297 cm³/mol. The summed E-state index contributed by atoms with van der Waals surface area (Å²) >= 11 is 0. The van der Waals surface area contributed by atoms with E-state index in [1.54, 1.807) is 0 Å². The summed E-state index contributed by atoms with van der Waals surface area (Å²) in [6.45, 7) is 6.46. The highest BCUT2D eigenvalue weighted by molar-refractivity contribution is 5.71. The lowest BCUT2D eigenvalue weighted by molar-refractivity contribution is -0.167. The van der Waals surface area contributed by atoms with E-state index in [1.807, 2.05) is 72.9 Å². The fourth-order valence-electron chi connectivity index (χ4n) is 7.95. The zero-order chi connectivity index (χ0) is 50.0. The number of allylic oxidation sites excluding steroid dienone is 16. The highest BCUT2D eigenvalue weighted by Crippen LogP contribution is 2.16. The minimum absolute atomic E-state index is 0.0942. The molecule has 0 aromatic rings. The summed E-state index contributed by atoms with van der Waals surface area (Å²) < 4.78 is 16.8. The molecule has 0 amide bonds. The third-order valence-corrected chi connectivity index (χ3v) is 12.3. The maximum absolute atomic E-state index is 12.9. The number of rotatable bonds is 51. The van der Waals surface area contributed by atoms with E-state index in [-0.39, 0.29) is 31.1 Å². The van der Waals surface area contributed by atoms with Crippen molar-refractivity contribution in [2.24, 2.45) is 0 Å². The lowest BCUT2D eigenvalue weighted by atomic mass is 10.0. The number of carbonyl (C=O) groups is 3. The smallest absolute Gasteiger partial charge is 0.306 e. The average molecular weight is 960 g/mol. The molecule has 0 aromatic heterocycles. The van der Waals surface area contributed by atoms with Crippen LogP contribution in [0.4, 0.5) is 0 Å². The second-order valence-corrected chi connectivity index (χ2v) is 19.0. The summed E-state index contributed by atoms with van der Waals surface area (Å²) in [6.07, 6.45) is 75.3. The van der Waals surface area contributed by atoms with E-state index < -0.39 is 6.10 Å². The van der Waals surface area contributed by atoms with Crippen LogP contribution in [0, 0.1) is 0 Å². The Morgan fingerprint density at radius 3 is 0.942 bits per heavy atom. The molecule has 394 valence electrons. The Morgan fingerprint density at radius 2 is 0.580 bits per heavy atom. The van der Waals surface area contributed by atoms with Crippen LogP contribution in [0.3, 0.4) is 0 Å². The van der Waals surface area contributed by atoms with Crippen molar-refractivity contribution < 1.29 is 28.6 Å². The van der Waals surface area contributed by atoms with Crippen LogP contribution in [-0.2, 0) is 28.6 Å². The molecule has 0 saturated heterocycles. The Kier molecular flexibility index (Phi) is 53.9. The van der Waals surface area contributed by atoms with Crippen molar-refractivity contribution in [3.8, 4) is 0 Å². The SMILES string of the molecule is CC\C=C/C=C\C=C/C=C\C=C\C=C/C=C\CCCCCC(=O)OCC(COC(=O)CCCCCCCCCCCCCCCCCC)OC(=O)CCCCCCC/C=C\CCCCCCCCC. The molecule has 0 aliphatic carbocycles. The second-order valence-electron chi connectivity index (χ2n) is 19.0. The minimum Gasteiger partial charge on any atom is -0.462 e. The second kappa shape index (κ2) is 56.9. The van der Waals surface area contributed by atoms with Gasteiger partial charge in [0.2, 0.25) is 0 Å². The fourth-order valence-corrected chi connectivity index (χ4v) is 7.95. The first kappa shape index (κ1) is 65.3. The standard InChI is InChI=1S/C63H106O6/c1-4-7-10-13-16-19-22-25-28-31-32-33-36-38-41-44-47-50-53-56-62(65)68-59-60(69-63(66)57-54-51-48-45-42-39-35-30-27-24-21-18-15-12-9-6-3)58-67-61(64)55-52-49-46-43-40-37-34-29-26-23-20-17-14-11-8-5-2/h7,10,13,16,19,22,25,28,30-33,35-36,38,41,60H,4-6,8-9,11-12,14-15,17-18,20-21,23-24,26-27,29,34,37,39-40,42-59H2,1-3H3/b10-7-,16-13-,22-19-,28-25-,32-31+,35-30-,36-33-,41-38-. The number of hydrogen-bond acceptors (Lipinski definition) is 6. The Balaban J connectivity index is 4.49. The number of esters is 3. The van der Waals surface area contributed by atoms with Crippen LogP contribution in [0.2, 0.25) is 0 Å². The molecule has 6 heteroatoms. The van der Waals surface area contributed by atoms with Crippen LogP contribution in [0.1, 0.15) is 265 Å². The monoisotopic (exact) mass is 959 g/mol. The molecule has 0 heterocycles. The topological polar surface area (TPSA) is 78.9 Å². The molecule has 1 atom stereocenters. The van der Waals surface area contributed by atoms with Gasteiger partial charge in [0.05, 0.1) is 0 Å². The van der Waals surface area contributed by atoms with Gasteiger partial charge in [-0.1, -0.05) is 279 Å². The number of hydrogen-bond donors (Lipinski definition) is 0. The van der Waals surface area contributed by atoms with Crippen molar-refractivity contribution in [2.75, 3.05) is 13.2 Å². The molecule has 69 heavy (non-hydrogen) atoms. The van der Waals surface area contributed by atoms with Gasteiger partial charge in [-0.05, 0) is 64.2 Å². The van der Waals surface area contributed by atoms with Gasteiger partial charge < -0.3 is 14.2 Å². The highest BCUT2D eigenvalue weighted by atomic mass is 16.6. The maximum atomic E-state index is 12.9.